The fraction of sp³-hybridized carbons (Fsp3) is 0.808. The fourth-order valence-electron chi connectivity index (χ4n) is 8.65. The van der Waals surface area contributed by atoms with Gasteiger partial charge in [0.2, 0.25) is 0 Å². The van der Waals surface area contributed by atoms with Crippen molar-refractivity contribution in [2.75, 3.05) is 20.4 Å². The summed E-state index contributed by atoms with van der Waals surface area (Å²) in [5, 5.41) is 0. The summed E-state index contributed by atoms with van der Waals surface area (Å²) in [4.78, 5) is 14.9. The van der Waals surface area contributed by atoms with Crippen LogP contribution in [0.4, 0.5) is 0 Å². The van der Waals surface area contributed by atoms with E-state index in [-0.39, 0.29) is 22.2 Å². The lowest BCUT2D eigenvalue weighted by molar-refractivity contribution is -0.143. The van der Waals surface area contributed by atoms with Crippen LogP contribution in [0.2, 0.25) is 0 Å². The van der Waals surface area contributed by atoms with E-state index in [1.54, 1.807) is 11.1 Å². The van der Waals surface area contributed by atoms with Gasteiger partial charge in [-0.05, 0) is 87.2 Å². The van der Waals surface area contributed by atoms with Crippen LogP contribution in [0.3, 0.4) is 0 Å². The first-order valence-corrected chi connectivity index (χ1v) is 11.9. The van der Waals surface area contributed by atoms with E-state index < -0.39 is 0 Å². The second-order valence-corrected chi connectivity index (χ2v) is 11.6. The largest absolute Gasteiger partial charge is 0.365 e. The van der Waals surface area contributed by atoms with Crippen molar-refractivity contribution in [3.05, 3.63) is 23.3 Å². The minimum absolute atomic E-state index is 0.127. The number of carbonyl (C=O) groups excluding carboxylic acids is 1. The molecule has 3 fully saturated rings. The molecule has 5 rings (SSSR count). The van der Waals surface area contributed by atoms with Crippen LogP contribution in [-0.2, 0) is 9.53 Å². The van der Waals surface area contributed by atoms with Crippen molar-refractivity contribution in [2.24, 2.45) is 34.0 Å². The Bertz CT molecular complexity index is 784. The predicted octanol–water partition coefficient (Wildman–Crippen LogP) is 5.37. The van der Waals surface area contributed by atoms with Gasteiger partial charge in [0, 0.05) is 17.4 Å². The second-order valence-electron chi connectivity index (χ2n) is 11.6. The maximum atomic E-state index is 12.5. The zero-order chi connectivity index (χ0) is 20.6. The lowest BCUT2D eigenvalue weighted by Gasteiger charge is -2.54. The molecule has 0 aromatic carbocycles. The zero-order valence-electron chi connectivity index (χ0n) is 19.1. The van der Waals surface area contributed by atoms with Gasteiger partial charge in [0.15, 0.2) is 0 Å². The van der Waals surface area contributed by atoms with Gasteiger partial charge in [0.05, 0.1) is 13.3 Å². The van der Waals surface area contributed by atoms with Gasteiger partial charge in [0.1, 0.15) is 5.78 Å². The van der Waals surface area contributed by atoms with E-state index in [1.165, 1.54) is 32.1 Å². The van der Waals surface area contributed by atoms with Crippen LogP contribution >= 0.6 is 0 Å². The summed E-state index contributed by atoms with van der Waals surface area (Å²) >= 11 is 0. The number of allylic oxidation sites excluding steroid dienone is 4. The van der Waals surface area contributed by atoms with Gasteiger partial charge in [-0.15, -0.1) is 0 Å². The maximum Gasteiger partial charge on any atom is 0.133 e. The topological polar surface area (TPSA) is 29.5 Å². The van der Waals surface area contributed by atoms with Crippen molar-refractivity contribution in [1.82, 2.24) is 4.90 Å². The Morgan fingerprint density at radius 3 is 2.62 bits per heavy atom. The predicted molar refractivity (Wildman–Crippen MR) is 116 cm³/mol. The Morgan fingerprint density at radius 1 is 1.10 bits per heavy atom. The molecule has 5 aliphatic rings. The molecule has 0 amide bonds. The summed E-state index contributed by atoms with van der Waals surface area (Å²) in [7, 11) is 2.24. The monoisotopic (exact) mass is 397 g/mol. The van der Waals surface area contributed by atoms with E-state index in [4.69, 9.17) is 4.74 Å². The van der Waals surface area contributed by atoms with Crippen LogP contribution in [0.1, 0.15) is 72.6 Å². The molecule has 3 nitrogen and oxygen atoms in total. The molecule has 0 radical (unpaired) electrons. The van der Waals surface area contributed by atoms with E-state index in [0.717, 1.165) is 26.2 Å². The van der Waals surface area contributed by atoms with Crippen molar-refractivity contribution < 1.29 is 9.53 Å². The summed E-state index contributed by atoms with van der Waals surface area (Å²) in [6.07, 6.45) is 13.5. The van der Waals surface area contributed by atoms with Crippen LogP contribution in [-0.4, -0.2) is 37.1 Å². The maximum absolute atomic E-state index is 12.5. The lowest BCUT2D eigenvalue weighted by atomic mass is 9.52. The van der Waals surface area contributed by atoms with Crippen molar-refractivity contribution in [3.8, 4) is 0 Å². The van der Waals surface area contributed by atoms with Gasteiger partial charge in [0.25, 0.3) is 0 Å². The number of Topliss-reactive ketones (excluding diaryl/α,β-unsaturated/α-hetero) is 1. The molecule has 0 unspecified atom stereocenters. The third-order valence-electron chi connectivity index (χ3n) is 10.5. The van der Waals surface area contributed by atoms with Gasteiger partial charge in [-0.25, -0.2) is 0 Å². The zero-order valence-corrected chi connectivity index (χ0v) is 19.1. The summed E-state index contributed by atoms with van der Waals surface area (Å²) in [5.41, 5.74) is 3.88. The number of ketones is 1. The Labute approximate surface area is 176 Å². The molecule has 3 heteroatoms. The number of ether oxygens (including phenoxy) is 1. The number of carbonyl (C=O) groups is 1. The number of hydrogen-bond donors (Lipinski definition) is 0. The summed E-state index contributed by atoms with van der Waals surface area (Å²) in [6.45, 7) is 10.9. The van der Waals surface area contributed by atoms with Gasteiger partial charge < -0.3 is 4.74 Å². The molecule has 1 heterocycles. The van der Waals surface area contributed by atoms with Crippen LogP contribution in [0.5, 0.6) is 0 Å². The molecular weight excluding hydrogens is 358 g/mol. The normalized spacial score (nSPS) is 49.7. The molecule has 4 aliphatic carbocycles. The molecule has 0 bridgehead atoms. The van der Waals surface area contributed by atoms with Crippen molar-refractivity contribution >= 4 is 5.78 Å². The summed E-state index contributed by atoms with van der Waals surface area (Å²) in [6, 6.07) is 0.641. The van der Waals surface area contributed by atoms with Crippen LogP contribution in [0, 0.1) is 34.0 Å². The number of rotatable bonds is 1. The average Bonchev–Trinajstić information content (AvgIpc) is 2.81. The molecule has 0 spiro atoms. The molecule has 1 aliphatic heterocycles. The smallest absolute Gasteiger partial charge is 0.133 e. The molecule has 0 aromatic rings. The standard InChI is InChI=1S/C26H39NO2/c1-17(28)20-11-13-26(4)22-8-7-21-18(14-19(22)10-12-25(20,26)3)6-9-23-24(21,2)15-29-16-27(23)5/h10,14,20-23H,6-9,11-13,15-16H2,1-5H3/t20-,21-,22-,23-,24-,25-,26+/m1/s1. The minimum atomic E-state index is 0.127. The van der Waals surface area contributed by atoms with Crippen LogP contribution < -0.4 is 0 Å². The minimum Gasteiger partial charge on any atom is -0.365 e. The number of fused-ring (bicyclic) bond motifs is 6. The Balaban J connectivity index is 1.51. The molecular formula is C26H39NO2. The highest BCUT2D eigenvalue weighted by atomic mass is 16.5. The van der Waals surface area contributed by atoms with Gasteiger partial charge >= 0.3 is 0 Å². The molecule has 0 aromatic heterocycles. The van der Waals surface area contributed by atoms with E-state index in [0.29, 0.717) is 23.7 Å². The summed E-state index contributed by atoms with van der Waals surface area (Å²) in [5.74, 6) is 1.89. The fourth-order valence-corrected chi connectivity index (χ4v) is 8.65. The average molecular weight is 398 g/mol. The van der Waals surface area contributed by atoms with Crippen molar-refractivity contribution in [3.63, 3.8) is 0 Å². The number of hydrogen-bond acceptors (Lipinski definition) is 3. The van der Waals surface area contributed by atoms with Gasteiger partial charge in [-0.2, -0.15) is 0 Å². The molecule has 160 valence electrons. The highest BCUT2D eigenvalue weighted by Gasteiger charge is 2.61. The van der Waals surface area contributed by atoms with Crippen LogP contribution in [0.15, 0.2) is 23.3 Å². The highest BCUT2D eigenvalue weighted by Crippen LogP contribution is 2.67. The molecule has 29 heavy (non-hydrogen) atoms. The lowest BCUT2D eigenvalue weighted by Crippen LogP contribution is -2.58. The Hall–Kier alpha value is -0.930. The first-order chi connectivity index (χ1) is 13.7. The van der Waals surface area contributed by atoms with E-state index in [1.807, 2.05) is 6.92 Å². The molecule has 2 saturated carbocycles. The molecule has 1 saturated heterocycles. The van der Waals surface area contributed by atoms with Crippen LogP contribution in [0.25, 0.3) is 0 Å². The molecule has 7 atom stereocenters. The Morgan fingerprint density at radius 2 is 1.86 bits per heavy atom. The third kappa shape index (κ3) is 2.59. The highest BCUT2D eigenvalue weighted by molar-refractivity contribution is 5.80. The second kappa shape index (κ2) is 6.53. The SMILES string of the molecule is CC(=O)[C@H]1CC[C@@]2(C)[C@@H]3CC[C@@H]4C(=CC3=CC[C@]12C)CC[C@H]1N(C)COC[C@]41C. The Kier molecular flexibility index (Phi) is 4.51. The quantitative estimate of drug-likeness (QED) is 0.596. The van der Waals surface area contributed by atoms with E-state index in [2.05, 4.69) is 44.9 Å². The number of nitrogens with zero attached hydrogens (tertiary/aromatic N) is 1. The van der Waals surface area contributed by atoms with Gasteiger partial charge in [-0.1, -0.05) is 38.5 Å². The third-order valence-corrected chi connectivity index (χ3v) is 10.5. The van der Waals surface area contributed by atoms with Gasteiger partial charge in [-0.3, -0.25) is 9.69 Å². The van der Waals surface area contributed by atoms with E-state index >= 15 is 0 Å². The first-order valence-electron chi connectivity index (χ1n) is 11.9. The van der Waals surface area contributed by atoms with Crippen molar-refractivity contribution in [2.45, 2.75) is 78.7 Å². The first kappa shape index (κ1) is 20.0. The van der Waals surface area contributed by atoms with E-state index in [9.17, 15) is 4.79 Å². The molecule has 0 N–H and O–H groups in total. The van der Waals surface area contributed by atoms with Crippen molar-refractivity contribution in [1.29, 1.82) is 0 Å². The summed E-state index contributed by atoms with van der Waals surface area (Å²) < 4.78 is 6.05.